The van der Waals surface area contributed by atoms with Gasteiger partial charge in [0.15, 0.2) is 0 Å². The lowest BCUT2D eigenvalue weighted by atomic mass is 9.94. The van der Waals surface area contributed by atoms with Crippen LogP contribution in [-0.4, -0.2) is 5.11 Å². The van der Waals surface area contributed by atoms with Crippen molar-refractivity contribution in [3.8, 4) is 0 Å². The Bertz CT molecular complexity index is 664. The van der Waals surface area contributed by atoms with E-state index in [0.717, 1.165) is 30.3 Å². The van der Waals surface area contributed by atoms with Gasteiger partial charge in [-0.25, -0.2) is 8.78 Å². The molecule has 0 aliphatic carbocycles. The molecule has 0 heterocycles. The van der Waals surface area contributed by atoms with Crippen LogP contribution in [0, 0.1) is 18.6 Å². The zero-order valence-electron chi connectivity index (χ0n) is 10.9. The molecule has 21 heavy (non-hydrogen) atoms. The maximum Gasteiger partial charge on any atom is 0.416 e. The summed E-state index contributed by atoms with van der Waals surface area (Å²) in [6.07, 6.45) is -6.77. The third-order valence-corrected chi connectivity index (χ3v) is 3.15. The van der Waals surface area contributed by atoms with Crippen molar-refractivity contribution in [2.75, 3.05) is 0 Å². The molecule has 0 aliphatic rings. The molecule has 0 saturated carbocycles. The van der Waals surface area contributed by atoms with Crippen molar-refractivity contribution in [3.05, 3.63) is 70.3 Å². The van der Waals surface area contributed by atoms with Crippen molar-refractivity contribution < 1.29 is 27.1 Å². The van der Waals surface area contributed by atoms with Crippen molar-refractivity contribution >= 4 is 0 Å². The molecule has 1 atom stereocenters. The van der Waals surface area contributed by atoms with Crippen LogP contribution in [-0.2, 0) is 6.18 Å². The van der Waals surface area contributed by atoms with Gasteiger partial charge in [0.1, 0.15) is 17.7 Å². The summed E-state index contributed by atoms with van der Waals surface area (Å²) in [7, 11) is 0. The standard InChI is InChI=1S/C15H11F5O/c1-8-6-7-11(16)12(13(8)17)14(21)9-4-2-3-5-10(9)15(18,19)20/h2-7,14,21H,1H3. The number of alkyl halides is 3. The topological polar surface area (TPSA) is 20.2 Å². The zero-order valence-corrected chi connectivity index (χ0v) is 10.9. The number of rotatable bonds is 2. The molecular weight excluding hydrogens is 291 g/mol. The molecule has 1 unspecified atom stereocenters. The van der Waals surface area contributed by atoms with E-state index < -0.39 is 40.6 Å². The number of aliphatic hydroxyl groups excluding tert-OH is 1. The molecule has 0 aromatic heterocycles. The molecule has 0 aliphatic heterocycles. The van der Waals surface area contributed by atoms with E-state index in [2.05, 4.69) is 0 Å². The van der Waals surface area contributed by atoms with Gasteiger partial charge in [0, 0.05) is 0 Å². The summed E-state index contributed by atoms with van der Waals surface area (Å²) in [5.74, 6) is -2.15. The molecule has 0 saturated heterocycles. The van der Waals surface area contributed by atoms with Crippen LogP contribution in [0.1, 0.15) is 28.4 Å². The fraction of sp³-hybridized carbons (Fsp3) is 0.200. The van der Waals surface area contributed by atoms with Gasteiger partial charge in [-0.15, -0.1) is 0 Å². The van der Waals surface area contributed by atoms with Crippen LogP contribution in [0.4, 0.5) is 22.0 Å². The second-order valence-corrected chi connectivity index (χ2v) is 4.58. The lowest BCUT2D eigenvalue weighted by Gasteiger charge is -2.19. The average molecular weight is 302 g/mol. The SMILES string of the molecule is Cc1ccc(F)c(C(O)c2ccccc2C(F)(F)F)c1F. The lowest BCUT2D eigenvalue weighted by Crippen LogP contribution is -2.14. The van der Waals surface area contributed by atoms with Gasteiger partial charge in [-0.1, -0.05) is 24.3 Å². The highest BCUT2D eigenvalue weighted by Crippen LogP contribution is 2.37. The first-order chi connectivity index (χ1) is 9.73. The minimum atomic E-state index is -4.73. The van der Waals surface area contributed by atoms with E-state index in [4.69, 9.17) is 0 Å². The number of hydrogen-bond acceptors (Lipinski definition) is 1. The van der Waals surface area contributed by atoms with Gasteiger partial charge in [0.25, 0.3) is 0 Å². The lowest BCUT2D eigenvalue weighted by molar-refractivity contribution is -0.139. The fourth-order valence-corrected chi connectivity index (χ4v) is 2.08. The Hall–Kier alpha value is -1.95. The third-order valence-electron chi connectivity index (χ3n) is 3.15. The Kier molecular flexibility index (Phi) is 4.00. The summed E-state index contributed by atoms with van der Waals surface area (Å²) in [6, 6.07) is 6.21. The predicted molar refractivity (Wildman–Crippen MR) is 66.6 cm³/mol. The van der Waals surface area contributed by atoms with Crippen molar-refractivity contribution in [1.29, 1.82) is 0 Å². The van der Waals surface area contributed by atoms with Crippen LogP contribution >= 0.6 is 0 Å². The van der Waals surface area contributed by atoms with E-state index in [1.165, 1.54) is 13.0 Å². The van der Waals surface area contributed by atoms with E-state index >= 15 is 0 Å². The van der Waals surface area contributed by atoms with E-state index in [1.54, 1.807) is 0 Å². The fourth-order valence-electron chi connectivity index (χ4n) is 2.08. The average Bonchev–Trinajstić information content (AvgIpc) is 2.42. The van der Waals surface area contributed by atoms with Gasteiger partial charge in [-0.05, 0) is 30.2 Å². The van der Waals surface area contributed by atoms with Gasteiger partial charge in [0.2, 0.25) is 0 Å². The predicted octanol–water partition coefficient (Wildman–Crippen LogP) is 4.37. The number of aliphatic hydroxyl groups is 1. The normalized spacial score (nSPS) is 13.3. The van der Waals surface area contributed by atoms with E-state index in [-0.39, 0.29) is 5.56 Å². The highest BCUT2D eigenvalue weighted by Gasteiger charge is 2.36. The molecule has 0 fully saturated rings. The van der Waals surface area contributed by atoms with Crippen LogP contribution in [0.15, 0.2) is 36.4 Å². The molecule has 2 aromatic rings. The molecule has 2 rings (SSSR count). The van der Waals surface area contributed by atoms with Gasteiger partial charge >= 0.3 is 6.18 Å². The minimum absolute atomic E-state index is 0.0370. The smallest absolute Gasteiger partial charge is 0.383 e. The molecule has 2 aromatic carbocycles. The second-order valence-electron chi connectivity index (χ2n) is 4.58. The van der Waals surface area contributed by atoms with Crippen LogP contribution in [0.2, 0.25) is 0 Å². The first-order valence-corrected chi connectivity index (χ1v) is 6.02. The van der Waals surface area contributed by atoms with Crippen molar-refractivity contribution in [3.63, 3.8) is 0 Å². The summed E-state index contributed by atoms with van der Waals surface area (Å²) in [6.45, 7) is 1.33. The van der Waals surface area contributed by atoms with Crippen molar-refractivity contribution in [2.45, 2.75) is 19.2 Å². The summed E-state index contributed by atoms with van der Waals surface area (Å²) in [5.41, 5.74) is -2.46. The van der Waals surface area contributed by atoms with Crippen molar-refractivity contribution in [2.24, 2.45) is 0 Å². The maximum atomic E-state index is 13.9. The van der Waals surface area contributed by atoms with E-state index in [0.29, 0.717) is 0 Å². The molecule has 6 heteroatoms. The summed E-state index contributed by atoms with van der Waals surface area (Å²) >= 11 is 0. The Morgan fingerprint density at radius 1 is 1.00 bits per heavy atom. The molecule has 1 N–H and O–H groups in total. The summed E-state index contributed by atoms with van der Waals surface area (Å²) in [4.78, 5) is 0. The van der Waals surface area contributed by atoms with Gasteiger partial charge < -0.3 is 5.11 Å². The number of hydrogen-bond donors (Lipinski definition) is 1. The minimum Gasteiger partial charge on any atom is -0.383 e. The Morgan fingerprint density at radius 3 is 2.24 bits per heavy atom. The number of benzene rings is 2. The number of aryl methyl sites for hydroxylation is 1. The highest BCUT2D eigenvalue weighted by molar-refractivity contribution is 5.39. The molecule has 0 spiro atoms. The quantitative estimate of drug-likeness (QED) is 0.817. The maximum absolute atomic E-state index is 13.9. The zero-order chi connectivity index (χ0) is 15.8. The van der Waals surface area contributed by atoms with Crippen LogP contribution < -0.4 is 0 Å². The first kappa shape index (κ1) is 15.4. The molecular formula is C15H11F5O. The van der Waals surface area contributed by atoms with Crippen molar-refractivity contribution in [1.82, 2.24) is 0 Å². The molecule has 112 valence electrons. The number of halogens is 5. The molecule has 0 bridgehead atoms. The van der Waals surface area contributed by atoms with Crippen LogP contribution in [0.5, 0.6) is 0 Å². The monoisotopic (exact) mass is 302 g/mol. The van der Waals surface area contributed by atoms with Gasteiger partial charge in [-0.3, -0.25) is 0 Å². The second kappa shape index (κ2) is 5.44. The van der Waals surface area contributed by atoms with Gasteiger partial charge in [0.05, 0.1) is 11.1 Å². The molecule has 0 amide bonds. The third kappa shape index (κ3) is 2.90. The van der Waals surface area contributed by atoms with Gasteiger partial charge in [-0.2, -0.15) is 13.2 Å². The largest absolute Gasteiger partial charge is 0.416 e. The van der Waals surface area contributed by atoms with Crippen LogP contribution in [0.25, 0.3) is 0 Å². The Morgan fingerprint density at radius 2 is 1.62 bits per heavy atom. The molecule has 1 nitrogen and oxygen atoms in total. The van der Waals surface area contributed by atoms with Crippen LogP contribution in [0.3, 0.4) is 0 Å². The van der Waals surface area contributed by atoms with E-state index in [9.17, 15) is 27.1 Å². The Labute approximate surface area is 117 Å². The highest BCUT2D eigenvalue weighted by atomic mass is 19.4. The Balaban J connectivity index is 2.62. The molecule has 0 radical (unpaired) electrons. The summed E-state index contributed by atoms with van der Waals surface area (Å²) < 4.78 is 66.4. The summed E-state index contributed by atoms with van der Waals surface area (Å²) in [5, 5.41) is 10.0. The van der Waals surface area contributed by atoms with E-state index in [1.807, 2.05) is 0 Å². The first-order valence-electron chi connectivity index (χ1n) is 6.02.